The largest absolute Gasteiger partial charge is 0.390 e. The Bertz CT molecular complexity index is 1040. The lowest BCUT2D eigenvalue weighted by Crippen LogP contribution is -1.95. The Labute approximate surface area is 154 Å². The van der Waals surface area contributed by atoms with Crippen molar-refractivity contribution in [3.05, 3.63) is 76.5 Å². The highest BCUT2D eigenvalue weighted by Gasteiger charge is 2.17. The second kappa shape index (κ2) is 6.48. The molecule has 0 aliphatic carbocycles. The van der Waals surface area contributed by atoms with Gasteiger partial charge in [-0.1, -0.05) is 47.5 Å². The van der Waals surface area contributed by atoms with E-state index in [-0.39, 0.29) is 6.61 Å². The molecule has 0 unspecified atom stereocenters. The van der Waals surface area contributed by atoms with Crippen molar-refractivity contribution >= 4 is 29.0 Å². The summed E-state index contributed by atoms with van der Waals surface area (Å²) in [7, 11) is 0. The topological polar surface area (TPSA) is 50.4 Å². The van der Waals surface area contributed by atoms with Crippen molar-refractivity contribution < 1.29 is 5.11 Å². The maximum Gasteiger partial charge on any atom is 0.235 e. The van der Waals surface area contributed by atoms with E-state index in [9.17, 15) is 5.11 Å². The summed E-state index contributed by atoms with van der Waals surface area (Å²) in [5, 5.41) is 10.7. The van der Waals surface area contributed by atoms with E-state index in [4.69, 9.17) is 23.2 Å². The van der Waals surface area contributed by atoms with Crippen LogP contribution in [0.3, 0.4) is 0 Å². The summed E-state index contributed by atoms with van der Waals surface area (Å²) in [6.45, 7) is -0.129. The zero-order valence-electron chi connectivity index (χ0n) is 13.0. The lowest BCUT2D eigenvalue weighted by Gasteiger charge is -2.06. The lowest BCUT2D eigenvalue weighted by molar-refractivity contribution is 0.277. The molecule has 0 atom stereocenters. The number of nitrogens with zero attached hydrogens (tertiary/aromatic N) is 3. The van der Waals surface area contributed by atoms with Crippen LogP contribution in [0.25, 0.3) is 28.3 Å². The van der Waals surface area contributed by atoms with Gasteiger partial charge >= 0.3 is 0 Å². The summed E-state index contributed by atoms with van der Waals surface area (Å²) in [6.07, 6.45) is 1.87. The molecule has 4 nitrogen and oxygen atoms in total. The van der Waals surface area contributed by atoms with Gasteiger partial charge in [-0.3, -0.25) is 4.40 Å². The van der Waals surface area contributed by atoms with Crippen molar-refractivity contribution in [2.45, 2.75) is 6.61 Å². The highest BCUT2D eigenvalue weighted by molar-refractivity contribution is 6.31. The monoisotopic (exact) mass is 369 g/mol. The number of aliphatic hydroxyl groups excluding tert-OH is 1. The minimum absolute atomic E-state index is 0.129. The Kier molecular flexibility index (Phi) is 4.17. The SMILES string of the molecule is OCc1ccn2c(-c3ccc(Cl)cc3)c(-c3ccc(Cl)cc3)nc2n1. The van der Waals surface area contributed by atoms with Gasteiger partial charge in [-0.2, -0.15) is 0 Å². The van der Waals surface area contributed by atoms with Crippen LogP contribution in [0, 0.1) is 0 Å². The third-order valence-corrected chi connectivity index (χ3v) is 4.45. The molecule has 0 aliphatic heterocycles. The molecule has 0 radical (unpaired) electrons. The Morgan fingerprint density at radius 3 is 2.00 bits per heavy atom. The van der Waals surface area contributed by atoms with E-state index in [1.807, 2.05) is 59.1 Å². The zero-order chi connectivity index (χ0) is 17.4. The zero-order valence-corrected chi connectivity index (χ0v) is 14.5. The van der Waals surface area contributed by atoms with Gasteiger partial charge in [0.1, 0.15) is 0 Å². The molecular weight excluding hydrogens is 357 g/mol. The van der Waals surface area contributed by atoms with Crippen LogP contribution in [0.1, 0.15) is 5.69 Å². The lowest BCUT2D eigenvalue weighted by atomic mass is 10.0. The minimum Gasteiger partial charge on any atom is -0.390 e. The number of halogens is 2. The second-order valence-electron chi connectivity index (χ2n) is 5.57. The molecule has 124 valence electrons. The van der Waals surface area contributed by atoms with Crippen LogP contribution < -0.4 is 0 Å². The summed E-state index contributed by atoms with van der Waals surface area (Å²) in [5.74, 6) is 0.529. The molecule has 0 fully saturated rings. The number of aromatic nitrogens is 3. The van der Waals surface area contributed by atoms with Crippen LogP contribution in [0.4, 0.5) is 0 Å². The minimum atomic E-state index is -0.129. The predicted octanol–water partition coefficient (Wildman–Crippen LogP) is 4.86. The van der Waals surface area contributed by atoms with Gasteiger partial charge in [0, 0.05) is 27.4 Å². The maximum atomic E-state index is 9.34. The Morgan fingerprint density at radius 1 is 0.800 bits per heavy atom. The van der Waals surface area contributed by atoms with Crippen molar-refractivity contribution in [1.29, 1.82) is 0 Å². The molecule has 0 amide bonds. The Morgan fingerprint density at radius 2 is 1.40 bits per heavy atom. The van der Waals surface area contributed by atoms with Crippen LogP contribution in [0.5, 0.6) is 0 Å². The third kappa shape index (κ3) is 3.00. The summed E-state index contributed by atoms with van der Waals surface area (Å²) < 4.78 is 1.91. The summed E-state index contributed by atoms with van der Waals surface area (Å²) in [5.41, 5.74) is 4.18. The molecule has 1 N–H and O–H groups in total. The first-order valence-corrected chi connectivity index (χ1v) is 8.42. The normalized spacial score (nSPS) is 11.2. The van der Waals surface area contributed by atoms with Crippen molar-refractivity contribution in [3.8, 4) is 22.5 Å². The Balaban J connectivity index is 2.01. The number of aliphatic hydroxyl groups is 1. The molecule has 2 aromatic heterocycles. The first-order chi connectivity index (χ1) is 12.2. The molecule has 0 bridgehead atoms. The molecule has 0 saturated carbocycles. The summed E-state index contributed by atoms with van der Waals surface area (Å²) in [6, 6.07) is 16.9. The van der Waals surface area contributed by atoms with Gasteiger partial charge in [-0.25, -0.2) is 9.97 Å². The first-order valence-electron chi connectivity index (χ1n) is 7.66. The van der Waals surface area contributed by atoms with Crippen LogP contribution in [-0.2, 0) is 6.61 Å². The number of fused-ring (bicyclic) bond motifs is 1. The maximum absolute atomic E-state index is 9.34. The van der Waals surface area contributed by atoms with E-state index >= 15 is 0 Å². The standard InChI is InChI=1S/C19H13Cl2N3O/c20-14-5-1-12(2-6-14)17-18(13-3-7-15(21)8-4-13)24-10-9-16(11-25)22-19(24)23-17/h1-10,25H,11H2. The average molecular weight is 370 g/mol. The fourth-order valence-electron chi connectivity index (χ4n) is 2.75. The van der Waals surface area contributed by atoms with Crippen molar-refractivity contribution in [2.24, 2.45) is 0 Å². The van der Waals surface area contributed by atoms with Gasteiger partial charge < -0.3 is 5.11 Å². The van der Waals surface area contributed by atoms with Gasteiger partial charge in [0.15, 0.2) is 0 Å². The molecule has 0 saturated heterocycles. The highest BCUT2D eigenvalue weighted by Crippen LogP contribution is 2.33. The number of imidazole rings is 1. The number of benzene rings is 2. The van der Waals surface area contributed by atoms with Crippen molar-refractivity contribution in [2.75, 3.05) is 0 Å². The first kappa shape index (κ1) is 16.1. The van der Waals surface area contributed by atoms with Gasteiger partial charge in [0.2, 0.25) is 5.78 Å². The van der Waals surface area contributed by atoms with Gasteiger partial charge in [-0.15, -0.1) is 0 Å². The highest BCUT2D eigenvalue weighted by atomic mass is 35.5. The average Bonchev–Trinajstić information content (AvgIpc) is 3.01. The Hall–Kier alpha value is -2.40. The van der Waals surface area contributed by atoms with Crippen molar-refractivity contribution in [1.82, 2.24) is 14.4 Å². The fourth-order valence-corrected chi connectivity index (χ4v) is 3.00. The van der Waals surface area contributed by atoms with Crippen LogP contribution in [0.15, 0.2) is 60.8 Å². The van der Waals surface area contributed by atoms with Crippen LogP contribution >= 0.6 is 23.2 Å². The van der Waals surface area contributed by atoms with E-state index in [1.54, 1.807) is 6.07 Å². The predicted molar refractivity (Wildman–Crippen MR) is 99.8 cm³/mol. The van der Waals surface area contributed by atoms with Crippen molar-refractivity contribution in [3.63, 3.8) is 0 Å². The number of rotatable bonds is 3. The molecule has 25 heavy (non-hydrogen) atoms. The van der Waals surface area contributed by atoms with Crippen LogP contribution in [-0.4, -0.2) is 19.5 Å². The van der Waals surface area contributed by atoms with E-state index in [2.05, 4.69) is 9.97 Å². The molecular formula is C19H13Cl2N3O. The summed E-state index contributed by atoms with van der Waals surface area (Å²) >= 11 is 12.0. The molecule has 6 heteroatoms. The molecule has 2 aromatic carbocycles. The van der Waals surface area contributed by atoms with Gasteiger partial charge in [-0.05, 0) is 30.3 Å². The molecule has 2 heterocycles. The second-order valence-corrected chi connectivity index (χ2v) is 6.44. The number of hydrogen-bond acceptors (Lipinski definition) is 3. The molecule has 4 aromatic rings. The third-order valence-electron chi connectivity index (χ3n) is 3.95. The smallest absolute Gasteiger partial charge is 0.235 e. The van der Waals surface area contributed by atoms with Gasteiger partial charge in [0.25, 0.3) is 0 Å². The molecule has 0 aliphatic rings. The number of hydrogen-bond donors (Lipinski definition) is 1. The summed E-state index contributed by atoms with van der Waals surface area (Å²) in [4.78, 5) is 9.10. The van der Waals surface area contributed by atoms with Gasteiger partial charge in [0.05, 0.1) is 23.7 Å². The molecule has 0 spiro atoms. The van der Waals surface area contributed by atoms with E-state index < -0.39 is 0 Å². The van der Waals surface area contributed by atoms with E-state index in [1.165, 1.54) is 0 Å². The quantitative estimate of drug-likeness (QED) is 0.560. The van der Waals surface area contributed by atoms with E-state index in [0.29, 0.717) is 21.5 Å². The van der Waals surface area contributed by atoms with Crippen LogP contribution in [0.2, 0.25) is 10.0 Å². The van der Waals surface area contributed by atoms with E-state index in [0.717, 1.165) is 22.5 Å². The fraction of sp³-hybridized carbons (Fsp3) is 0.0526. The molecule has 4 rings (SSSR count).